The van der Waals surface area contributed by atoms with Crippen LogP contribution in [-0.2, 0) is 25.7 Å². The van der Waals surface area contributed by atoms with Gasteiger partial charge < -0.3 is 25.8 Å². The molecule has 4 N–H and O–H groups in total. The number of anilines is 1. The number of ether oxygens (including phenoxy) is 2. The van der Waals surface area contributed by atoms with E-state index in [9.17, 15) is 19.2 Å². The molecule has 2 aromatic carbocycles. The predicted molar refractivity (Wildman–Crippen MR) is 108 cm³/mol. The SMILES string of the molecule is COC(=O)c1cccc(NC(=O)[C@H](CCC(N)=O)NC(=O)OCc2ccccc2)c1. The standard InChI is InChI=1S/C21H23N3O6/c1-29-20(27)15-8-5-9-16(12-15)23-19(26)17(10-11-18(22)25)24-21(28)30-13-14-6-3-2-4-7-14/h2-9,12,17H,10-11,13H2,1H3,(H2,22,25)(H,23,26)(H,24,28)/t17-/m0/s1. The molecule has 9 heteroatoms. The first kappa shape index (κ1) is 22.4. The molecular formula is C21H23N3O6. The Labute approximate surface area is 173 Å². The number of rotatable bonds is 9. The number of carbonyl (C=O) groups is 4. The van der Waals surface area contributed by atoms with E-state index in [4.69, 9.17) is 10.5 Å². The second-order valence-electron chi connectivity index (χ2n) is 6.33. The summed E-state index contributed by atoms with van der Waals surface area (Å²) in [6, 6.07) is 14.1. The first-order valence-corrected chi connectivity index (χ1v) is 9.14. The number of hydrogen-bond donors (Lipinski definition) is 3. The number of primary amides is 1. The Kier molecular flexibility index (Phi) is 8.37. The average molecular weight is 413 g/mol. The van der Waals surface area contributed by atoms with Gasteiger partial charge in [0.2, 0.25) is 11.8 Å². The quantitative estimate of drug-likeness (QED) is 0.538. The molecule has 30 heavy (non-hydrogen) atoms. The van der Waals surface area contributed by atoms with Crippen LogP contribution in [0, 0.1) is 0 Å². The Bertz CT molecular complexity index is 901. The van der Waals surface area contributed by atoms with Crippen LogP contribution in [0.1, 0.15) is 28.8 Å². The summed E-state index contributed by atoms with van der Waals surface area (Å²) in [6.07, 6.45) is -0.941. The molecule has 3 amide bonds. The molecule has 2 aromatic rings. The van der Waals surface area contributed by atoms with E-state index in [1.807, 2.05) is 18.2 Å². The normalized spacial score (nSPS) is 11.1. The molecule has 0 saturated carbocycles. The van der Waals surface area contributed by atoms with Crippen molar-refractivity contribution in [2.45, 2.75) is 25.5 Å². The van der Waals surface area contributed by atoms with Crippen LogP contribution in [0.5, 0.6) is 0 Å². The highest BCUT2D eigenvalue weighted by atomic mass is 16.5. The zero-order valence-corrected chi connectivity index (χ0v) is 16.4. The molecule has 0 unspecified atom stereocenters. The van der Waals surface area contributed by atoms with Crippen molar-refractivity contribution in [3.8, 4) is 0 Å². The van der Waals surface area contributed by atoms with E-state index in [0.717, 1.165) is 5.56 Å². The molecule has 0 aliphatic heterocycles. The Balaban J connectivity index is 2.02. The first-order chi connectivity index (χ1) is 14.4. The number of nitrogens with one attached hydrogen (secondary N) is 2. The van der Waals surface area contributed by atoms with Gasteiger partial charge in [-0.05, 0) is 30.2 Å². The summed E-state index contributed by atoms with van der Waals surface area (Å²) in [5.41, 5.74) is 6.52. The van der Waals surface area contributed by atoms with Crippen LogP contribution >= 0.6 is 0 Å². The highest BCUT2D eigenvalue weighted by molar-refractivity contribution is 5.98. The highest BCUT2D eigenvalue weighted by Crippen LogP contribution is 2.13. The van der Waals surface area contributed by atoms with Gasteiger partial charge in [-0.15, -0.1) is 0 Å². The van der Waals surface area contributed by atoms with Gasteiger partial charge in [0.1, 0.15) is 12.6 Å². The number of esters is 1. The number of hydrogen-bond acceptors (Lipinski definition) is 6. The number of amides is 3. The van der Waals surface area contributed by atoms with Gasteiger partial charge in [0.25, 0.3) is 0 Å². The van der Waals surface area contributed by atoms with Crippen LogP contribution in [0.25, 0.3) is 0 Å². The van der Waals surface area contributed by atoms with Gasteiger partial charge in [-0.1, -0.05) is 36.4 Å². The molecular weight excluding hydrogens is 390 g/mol. The second-order valence-corrected chi connectivity index (χ2v) is 6.33. The summed E-state index contributed by atoms with van der Waals surface area (Å²) in [5, 5.41) is 5.03. The third-order valence-corrected chi connectivity index (χ3v) is 4.05. The zero-order chi connectivity index (χ0) is 21.9. The van der Waals surface area contributed by atoms with Crippen LogP contribution in [0.15, 0.2) is 54.6 Å². The van der Waals surface area contributed by atoms with Crippen molar-refractivity contribution in [3.63, 3.8) is 0 Å². The van der Waals surface area contributed by atoms with Crippen molar-refractivity contribution < 1.29 is 28.7 Å². The molecule has 0 aliphatic carbocycles. The third kappa shape index (κ3) is 7.27. The molecule has 0 heterocycles. The van der Waals surface area contributed by atoms with E-state index in [2.05, 4.69) is 15.4 Å². The summed E-state index contributed by atoms with van der Waals surface area (Å²) in [7, 11) is 1.25. The summed E-state index contributed by atoms with van der Waals surface area (Å²) in [5.74, 6) is -1.76. The van der Waals surface area contributed by atoms with Gasteiger partial charge in [-0.3, -0.25) is 9.59 Å². The molecule has 0 saturated heterocycles. The lowest BCUT2D eigenvalue weighted by molar-refractivity contribution is -0.119. The summed E-state index contributed by atoms with van der Waals surface area (Å²) < 4.78 is 9.77. The molecule has 9 nitrogen and oxygen atoms in total. The van der Waals surface area contributed by atoms with Crippen molar-refractivity contribution in [1.29, 1.82) is 0 Å². The molecule has 0 aliphatic rings. The van der Waals surface area contributed by atoms with E-state index in [1.54, 1.807) is 24.3 Å². The molecule has 0 radical (unpaired) electrons. The molecule has 0 fully saturated rings. The molecule has 158 valence electrons. The minimum atomic E-state index is -1.07. The summed E-state index contributed by atoms with van der Waals surface area (Å²) >= 11 is 0. The number of methoxy groups -OCH3 is 1. The lowest BCUT2D eigenvalue weighted by atomic mass is 10.1. The van der Waals surface area contributed by atoms with Gasteiger partial charge >= 0.3 is 12.1 Å². The fourth-order valence-corrected chi connectivity index (χ4v) is 2.53. The number of carbonyl (C=O) groups excluding carboxylic acids is 4. The van der Waals surface area contributed by atoms with Crippen molar-refractivity contribution in [3.05, 3.63) is 65.7 Å². The lowest BCUT2D eigenvalue weighted by Gasteiger charge is -2.18. The second kappa shape index (κ2) is 11.2. The maximum Gasteiger partial charge on any atom is 0.408 e. The van der Waals surface area contributed by atoms with Crippen molar-refractivity contribution in [2.24, 2.45) is 5.73 Å². The fourth-order valence-electron chi connectivity index (χ4n) is 2.53. The first-order valence-electron chi connectivity index (χ1n) is 9.14. The van der Waals surface area contributed by atoms with Crippen LogP contribution in [-0.4, -0.2) is 37.0 Å². The average Bonchev–Trinajstić information content (AvgIpc) is 2.75. The number of benzene rings is 2. The smallest absolute Gasteiger partial charge is 0.408 e. The van der Waals surface area contributed by atoms with Gasteiger partial charge in [-0.25, -0.2) is 9.59 Å². The number of alkyl carbamates (subject to hydrolysis) is 1. The lowest BCUT2D eigenvalue weighted by Crippen LogP contribution is -2.44. The maximum absolute atomic E-state index is 12.6. The maximum atomic E-state index is 12.6. The molecule has 0 aromatic heterocycles. The van der Waals surface area contributed by atoms with Crippen LogP contribution in [0.3, 0.4) is 0 Å². The van der Waals surface area contributed by atoms with Crippen molar-refractivity contribution in [1.82, 2.24) is 5.32 Å². The van der Waals surface area contributed by atoms with E-state index < -0.39 is 29.9 Å². The van der Waals surface area contributed by atoms with E-state index in [1.165, 1.54) is 19.2 Å². The zero-order valence-electron chi connectivity index (χ0n) is 16.4. The van der Waals surface area contributed by atoms with Crippen LogP contribution in [0.2, 0.25) is 0 Å². The molecule has 0 bridgehead atoms. The van der Waals surface area contributed by atoms with Gasteiger partial charge in [0.15, 0.2) is 0 Å². The van der Waals surface area contributed by atoms with Gasteiger partial charge in [0, 0.05) is 12.1 Å². The molecule has 1 atom stereocenters. The van der Waals surface area contributed by atoms with Crippen molar-refractivity contribution >= 4 is 29.6 Å². The van der Waals surface area contributed by atoms with Gasteiger partial charge in [-0.2, -0.15) is 0 Å². The van der Waals surface area contributed by atoms with Crippen LogP contribution < -0.4 is 16.4 Å². The van der Waals surface area contributed by atoms with Crippen molar-refractivity contribution in [2.75, 3.05) is 12.4 Å². The monoisotopic (exact) mass is 413 g/mol. The highest BCUT2D eigenvalue weighted by Gasteiger charge is 2.22. The van der Waals surface area contributed by atoms with E-state index >= 15 is 0 Å². The Hall–Kier alpha value is -3.88. The predicted octanol–water partition coefficient (Wildman–Crippen LogP) is 1.97. The van der Waals surface area contributed by atoms with E-state index in [-0.39, 0.29) is 25.0 Å². The summed E-state index contributed by atoms with van der Waals surface area (Å²) in [4.78, 5) is 47.5. The molecule has 0 spiro atoms. The van der Waals surface area contributed by atoms with Gasteiger partial charge in [0.05, 0.1) is 12.7 Å². The Morgan fingerprint density at radius 1 is 1.03 bits per heavy atom. The van der Waals surface area contributed by atoms with E-state index in [0.29, 0.717) is 5.69 Å². The minimum absolute atomic E-state index is 0.0156. The molecule has 2 rings (SSSR count). The number of nitrogens with two attached hydrogens (primary N) is 1. The Morgan fingerprint density at radius 3 is 2.43 bits per heavy atom. The fraction of sp³-hybridized carbons (Fsp3) is 0.238. The third-order valence-electron chi connectivity index (χ3n) is 4.05. The summed E-state index contributed by atoms with van der Waals surface area (Å²) in [6.45, 7) is 0.0258. The minimum Gasteiger partial charge on any atom is -0.465 e. The Morgan fingerprint density at radius 2 is 1.77 bits per heavy atom. The van der Waals surface area contributed by atoms with Crippen LogP contribution in [0.4, 0.5) is 10.5 Å². The largest absolute Gasteiger partial charge is 0.465 e. The topological polar surface area (TPSA) is 137 Å².